The standard InChI is InChI=1S/C33H34N4O5/c1-33(2,3)42-30(38)19-37-21-34-29-13-12-22(18-27(29)31(37)39)35-14-16-36(17-15-35)32(40)41-20-28-25-10-6-4-8-23(25)24-9-5-7-11-26(24)28/h4-13,18,21,28H,14-17,19-20H2,1-3H3. The molecule has 1 aliphatic heterocycles. The molecule has 1 aliphatic carbocycles. The van der Waals surface area contributed by atoms with E-state index in [1.807, 2.05) is 36.4 Å². The van der Waals surface area contributed by atoms with Crippen LogP contribution in [-0.2, 0) is 20.8 Å². The van der Waals surface area contributed by atoms with Crippen molar-refractivity contribution in [3.05, 3.63) is 94.5 Å². The Bertz CT molecular complexity index is 1670. The number of nitrogens with zero attached hydrogens (tertiary/aromatic N) is 4. The lowest BCUT2D eigenvalue weighted by atomic mass is 9.98. The molecule has 9 nitrogen and oxygen atoms in total. The molecule has 0 N–H and O–H groups in total. The van der Waals surface area contributed by atoms with Crippen LogP contribution >= 0.6 is 0 Å². The fraction of sp³-hybridized carbons (Fsp3) is 0.333. The zero-order valence-corrected chi connectivity index (χ0v) is 24.1. The van der Waals surface area contributed by atoms with E-state index in [1.54, 1.807) is 31.7 Å². The van der Waals surface area contributed by atoms with Gasteiger partial charge in [0.05, 0.1) is 17.2 Å². The third-order valence-corrected chi connectivity index (χ3v) is 7.77. The highest BCUT2D eigenvalue weighted by Gasteiger charge is 2.30. The average Bonchev–Trinajstić information content (AvgIpc) is 3.30. The monoisotopic (exact) mass is 566 g/mol. The summed E-state index contributed by atoms with van der Waals surface area (Å²) in [6, 6.07) is 22.1. The molecular weight excluding hydrogens is 532 g/mol. The number of carbonyl (C=O) groups excluding carboxylic acids is 2. The van der Waals surface area contributed by atoms with Crippen LogP contribution in [0, 0.1) is 0 Å². The van der Waals surface area contributed by atoms with Crippen molar-refractivity contribution in [2.24, 2.45) is 0 Å². The van der Waals surface area contributed by atoms with Gasteiger partial charge in [-0.05, 0) is 61.2 Å². The summed E-state index contributed by atoms with van der Waals surface area (Å²) in [4.78, 5) is 46.7. The lowest BCUT2D eigenvalue weighted by molar-refractivity contribution is -0.155. The van der Waals surface area contributed by atoms with Crippen LogP contribution in [0.4, 0.5) is 10.5 Å². The fourth-order valence-corrected chi connectivity index (χ4v) is 5.80. The lowest BCUT2D eigenvalue weighted by Crippen LogP contribution is -2.49. The second-order valence-electron chi connectivity index (χ2n) is 11.7. The molecule has 0 radical (unpaired) electrons. The summed E-state index contributed by atoms with van der Waals surface area (Å²) in [5, 5.41) is 0.428. The summed E-state index contributed by atoms with van der Waals surface area (Å²) in [5.41, 5.74) is 5.25. The maximum atomic E-state index is 13.2. The fourth-order valence-electron chi connectivity index (χ4n) is 5.80. The first kappa shape index (κ1) is 27.5. The van der Waals surface area contributed by atoms with Crippen molar-refractivity contribution in [1.29, 1.82) is 0 Å². The van der Waals surface area contributed by atoms with E-state index in [9.17, 15) is 14.4 Å². The normalized spacial score (nSPS) is 14.9. The first-order chi connectivity index (χ1) is 20.2. The van der Waals surface area contributed by atoms with Gasteiger partial charge >= 0.3 is 12.1 Å². The Balaban J connectivity index is 1.09. The second kappa shape index (κ2) is 11.0. The molecule has 3 aromatic carbocycles. The SMILES string of the molecule is CC(C)(C)OC(=O)Cn1cnc2ccc(N3CCN(C(=O)OCC4c5ccccc5-c5ccccc54)CC3)cc2c1=O. The van der Waals surface area contributed by atoms with E-state index in [1.165, 1.54) is 33.1 Å². The van der Waals surface area contributed by atoms with E-state index in [0.29, 0.717) is 43.7 Å². The zero-order valence-electron chi connectivity index (χ0n) is 24.1. The van der Waals surface area contributed by atoms with Gasteiger partial charge in [-0.25, -0.2) is 9.78 Å². The van der Waals surface area contributed by atoms with E-state index in [0.717, 1.165) is 5.69 Å². The molecule has 2 aliphatic rings. The number of aromatic nitrogens is 2. The summed E-state index contributed by atoms with van der Waals surface area (Å²) in [5.74, 6) is -0.473. The summed E-state index contributed by atoms with van der Waals surface area (Å²) in [6.45, 7) is 7.64. The Morgan fingerprint density at radius 1 is 0.905 bits per heavy atom. The van der Waals surface area contributed by atoms with Crippen LogP contribution in [0.2, 0.25) is 0 Å². The molecule has 0 bridgehead atoms. The van der Waals surface area contributed by atoms with Gasteiger partial charge in [-0.15, -0.1) is 0 Å². The van der Waals surface area contributed by atoms with E-state index in [2.05, 4.69) is 34.1 Å². The van der Waals surface area contributed by atoms with Gasteiger partial charge in [0.15, 0.2) is 0 Å². The molecule has 1 fully saturated rings. The predicted molar refractivity (Wildman–Crippen MR) is 161 cm³/mol. The minimum absolute atomic E-state index is 0.0215. The average molecular weight is 567 g/mol. The van der Waals surface area contributed by atoms with Crippen molar-refractivity contribution in [1.82, 2.24) is 14.5 Å². The molecule has 42 heavy (non-hydrogen) atoms. The second-order valence-corrected chi connectivity index (χ2v) is 11.7. The molecule has 9 heteroatoms. The molecule has 0 saturated carbocycles. The largest absolute Gasteiger partial charge is 0.459 e. The zero-order chi connectivity index (χ0) is 29.4. The quantitative estimate of drug-likeness (QED) is 0.320. The Morgan fingerprint density at radius 3 is 2.19 bits per heavy atom. The molecule has 2 heterocycles. The van der Waals surface area contributed by atoms with Crippen molar-refractivity contribution in [2.45, 2.75) is 38.8 Å². The lowest BCUT2D eigenvalue weighted by Gasteiger charge is -2.35. The van der Waals surface area contributed by atoms with Crippen molar-refractivity contribution in [3.8, 4) is 11.1 Å². The maximum absolute atomic E-state index is 13.2. The van der Waals surface area contributed by atoms with Crippen LogP contribution < -0.4 is 10.5 Å². The van der Waals surface area contributed by atoms with E-state index in [-0.39, 0.29) is 24.1 Å². The predicted octanol–water partition coefficient (Wildman–Crippen LogP) is 4.81. The Kier molecular flexibility index (Phi) is 7.18. The van der Waals surface area contributed by atoms with Crippen molar-refractivity contribution in [2.75, 3.05) is 37.7 Å². The van der Waals surface area contributed by atoms with Gasteiger partial charge in [-0.1, -0.05) is 48.5 Å². The maximum Gasteiger partial charge on any atom is 0.409 e. The highest BCUT2D eigenvalue weighted by Crippen LogP contribution is 2.44. The number of hydrogen-bond donors (Lipinski definition) is 0. The van der Waals surface area contributed by atoms with Gasteiger partial charge in [-0.3, -0.25) is 14.2 Å². The number of anilines is 1. The summed E-state index contributed by atoms with van der Waals surface area (Å²) in [7, 11) is 0. The highest BCUT2D eigenvalue weighted by molar-refractivity contribution is 5.82. The van der Waals surface area contributed by atoms with E-state index >= 15 is 0 Å². The van der Waals surface area contributed by atoms with Crippen LogP contribution in [0.5, 0.6) is 0 Å². The topological polar surface area (TPSA) is 94.0 Å². The Hall–Kier alpha value is -4.66. The van der Waals surface area contributed by atoms with Crippen LogP contribution in [0.3, 0.4) is 0 Å². The number of rotatable bonds is 5. The number of hydrogen-bond acceptors (Lipinski definition) is 7. The third kappa shape index (κ3) is 5.46. The number of esters is 1. The summed E-state index contributed by atoms with van der Waals surface area (Å²) in [6.07, 6.45) is 1.06. The highest BCUT2D eigenvalue weighted by atomic mass is 16.6. The van der Waals surface area contributed by atoms with Crippen LogP contribution in [0.15, 0.2) is 77.9 Å². The minimum atomic E-state index is -0.639. The molecule has 1 aromatic heterocycles. The van der Waals surface area contributed by atoms with Crippen LogP contribution in [-0.4, -0.2) is 64.9 Å². The molecule has 1 amide bonds. The Morgan fingerprint density at radius 2 is 1.55 bits per heavy atom. The van der Waals surface area contributed by atoms with Crippen molar-refractivity contribution < 1.29 is 19.1 Å². The number of fused-ring (bicyclic) bond motifs is 4. The van der Waals surface area contributed by atoms with Gasteiger partial charge in [0.25, 0.3) is 5.56 Å². The molecule has 0 unspecified atom stereocenters. The number of carbonyl (C=O) groups is 2. The molecule has 4 aromatic rings. The molecule has 0 spiro atoms. The molecule has 1 saturated heterocycles. The molecule has 216 valence electrons. The van der Waals surface area contributed by atoms with E-state index < -0.39 is 11.6 Å². The summed E-state index contributed by atoms with van der Waals surface area (Å²) >= 11 is 0. The number of benzene rings is 3. The number of ether oxygens (including phenoxy) is 2. The van der Waals surface area contributed by atoms with Crippen LogP contribution in [0.1, 0.15) is 37.8 Å². The van der Waals surface area contributed by atoms with Gasteiger partial charge in [-0.2, -0.15) is 0 Å². The molecular formula is C33H34N4O5. The Labute approximate surface area is 244 Å². The number of amides is 1. The van der Waals surface area contributed by atoms with Gasteiger partial charge in [0, 0.05) is 37.8 Å². The molecule has 0 atom stereocenters. The first-order valence-corrected chi connectivity index (χ1v) is 14.2. The van der Waals surface area contributed by atoms with Crippen molar-refractivity contribution >= 4 is 28.7 Å². The first-order valence-electron chi connectivity index (χ1n) is 14.2. The summed E-state index contributed by atoms with van der Waals surface area (Å²) < 4.78 is 12.5. The minimum Gasteiger partial charge on any atom is -0.459 e. The van der Waals surface area contributed by atoms with E-state index in [4.69, 9.17) is 9.47 Å². The van der Waals surface area contributed by atoms with Crippen molar-refractivity contribution in [3.63, 3.8) is 0 Å². The van der Waals surface area contributed by atoms with Gasteiger partial charge < -0.3 is 19.3 Å². The van der Waals surface area contributed by atoms with Gasteiger partial charge in [0.1, 0.15) is 18.8 Å². The third-order valence-electron chi connectivity index (χ3n) is 7.77. The van der Waals surface area contributed by atoms with Crippen LogP contribution in [0.25, 0.3) is 22.0 Å². The smallest absolute Gasteiger partial charge is 0.409 e. The number of piperazine rings is 1. The molecule has 6 rings (SSSR count). The van der Waals surface area contributed by atoms with Gasteiger partial charge in [0.2, 0.25) is 0 Å².